The summed E-state index contributed by atoms with van der Waals surface area (Å²) >= 11 is 0. The SMILES string of the molecule is C[C@@]12CNC[C@@H]1C[C@@H](Nc1ccc(-c3cnccc3C(F)(F)F)nn1)C2.Cl.Cl. The number of fused-ring (bicyclic) bond motifs is 1. The van der Waals surface area contributed by atoms with Gasteiger partial charge in [-0.25, -0.2) is 0 Å². The molecule has 1 saturated carbocycles. The lowest BCUT2D eigenvalue weighted by atomic mass is 9.83. The molecule has 3 atom stereocenters. The van der Waals surface area contributed by atoms with Crippen molar-refractivity contribution in [2.45, 2.75) is 32.0 Å². The quantitative estimate of drug-likeness (QED) is 0.756. The van der Waals surface area contributed by atoms with Crippen molar-refractivity contribution < 1.29 is 13.2 Å². The lowest BCUT2D eigenvalue weighted by Crippen LogP contribution is -2.25. The summed E-state index contributed by atoms with van der Waals surface area (Å²) < 4.78 is 39.4. The van der Waals surface area contributed by atoms with Gasteiger partial charge in [0, 0.05) is 30.5 Å². The predicted octanol–water partition coefficient (Wildman–Crippen LogP) is 4.20. The number of anilines is 1. The summed E-state index contributed by atoms with van der Waals surface area (Å²) in [4.78, 5) is 3.79. The van der Waals surface area contributed by atoms with E-state index in [0.29, 0.717) is 23.2 Å². The standard InChI is InChI=1S/C18H20F3N5.2ClH/c1-17-7-12(6-11(17)8-23-10-17)24-16-3-2-15(25-26-16)13-9-22-5-4-14(13)18(19,20)21;;/h2-5,9,11-12,23H,6-8,10H2,1H3,(H,24,26);2*1H/t11-,12+,17+;;/m0../s1. The Hall–Kier alpha value is -1.64. The molecule has 4 rings (SSSR count). The maximum atomic E-state index is 13.1. The smallest absolute Gasteiger partial charge is 0.366 e. The van der Waals surface area contributed by atoms with E-state index in [0.717, 1.165) is 38.2 Å². The van der Waals surface area contributed by atoms with Crippen LogP contribution in [0.1, 0.15) is 25.3 Å². The van der Waals surface area contributed by atoms with Gasteiger partial charge in [0.15, 0.2) is 0 Å². The van der Waals surface area contributed by atoms with Crippen molar-refractivity contribution in [1.29, 1.82) is 0 Å². The molecule has 10 heteroatoms. The largest absolute Gasteiger partial charge is 0.417 e. The molecule has 2 aliphatic rings. The van der Waals surface area contributed by atoms with E-state index in [1.54, 1.807) is 12.1 Å². The first-order valence-electron chi connectivity index (χ1n) is 8.68. The maximum Gasteiger partial charge on any atom is 0.417 e. The zero-order valence-electron chi connectivity index (χ0n) is 15.2. The Morgan fingerprint density at radius 1 is 1.18 bits per heavy atom. The van der Waals surface area contributed by atoms with Gasteiger partial charge in [0.25, 0.3) is 0 Å². The summed E-state index contributed by atoms with van der Waals surface area (Å²) in [6.07, 6.45) is -0.0430. The predicted molar refractivity (Wildman–Crippen MR) is 106 cm³/mol. The Bertz CT molecular complexity index is 803. The first-order chi connectivity index (χ1) is 12.4. The highest BCUT2D eigenvalue weighted by Gasteiger charge is 2.46. The van der Waals surface area contributed by atoms with Crippen LogP contribution in [0.3, 0.4) is 0 Å². The van der Waals surface area contributed by atoms with Crippen molar-refractivity contribution in [3.8, 4) is 11.3 Å². The molecule has 28 heavy (non-hydrogen) atoms. The second kappa shape index (κ2) is 8.39. The van der Waals surface area contributed by atoms with Gasteiger partial charge < -0.3 is 10.6 Å². The zero-order chi connectivity index (χ0) is 18.4. The van der Waals surface area contributed by atoms with E-state index < -0.39 is 11.7 Å². The Morgan fingerprint density at radius 3 is 2.61 bits per heavy atom. The van der Waals surface area contributed by atoms with Gasteiger partial charge in [0.05, 0.1) is 11.3 Å². The highest BCUT2D eigenvalue weighted by atomic mass is 35.5. The molecule has 0 radical (unpaired) electrons. The number of nitrogens with zero attached hydrogens (tertiary/aromatic N) is 3. The molecule has 1 aliphatic carbocycles. The van der Waals surface area contributed by atoms with Gasteiger partial charge >= 0.3 is 6.18 Å². The minimum Gasteiger partial charge on any atom is -0.366 e. The number of hydrogen-bond donors (Lipinski definition) is 2. The average Bonchev–Trinajstić information content (AvgIpc) is 3.09. The maximum absolute atomic E-state index is 13.1. The molecular weight excluding hydrogens is 414 g/mol. The van der Waals surface area contributed by atoms with Crippen LogP contribution in [0.5, 0.6) is 0 Å². The van der Waals surface area contributed by atoms with Crippen molar-refractivity contribution in [3.63, 3.8) is 0 Å². The molecule has 2 N–H and O–H groups in total. The monoisotopic (exact) mass is 435 g/mol. The van der Waals surface area contributed by atoms with Gasteiger partial charge in [0.1, 0.15) is 5.82 Å². The van der Waals surface area contributed by atoms with Crippen molar-refractivity contribution >= 4 is 30.6 Å². The van der Waals surface area contributed by atoms with Crippen LogP contribution in [0, 0.1) is 11.3 Å². The third kappa shape index (κ3) is 4.34. The van der Waals surface area contributed by atoms with Gasteiger partial charge in [-0.05, 0) is 48.9 Å². The summed E-state index contributed by atoms with van der Waals surface area (Å²) in [5.74, 6) is 1.24. The first-order valence-corrected chi connectivity index (χ1v) is 8.68. The molecule has 1 saturated heterocycles. The van der Waals surface area contributed by atoms with Crippen molar-refractivity contribution in [2.75, 3.05) is 18.4 Å². The van der Waals surface area contributed by atoms with E-state index in [-0.39, 0.29) is 36.1 Å². The van der Waals surface area contributed by atoms with Crippen LogP contribution in [0.15, 0.2) is 30.6 Å². The number of pyridine rings is 1. The Labute approximate surface area is 173 Å². The fourth-order valence-electron chi connectivity index (χ4n) is 4.24. The molecule has 2 aromatic heterocycles. The fraction of sp³-hybridized carbons (Fsp3) is 0.500. The van der Waals surface area contributed by atoms with E-state index >= 15 is 0 Å². The number of alkyl halides is 3. The third-order valence-corrected chi connectivity index (χ3v) is 5.61. The van der Waals surface area contributed by atoms with Crippen LogP contribution in [-0.2, 0) is 6.18 Å². The summed E-state index contributed by atoms with van der Waals surface area (Å²) in [5, 5.41) is 14.9. The number of halogens is 5. The molecule has 0 bridgehead atoms. The van der Waals surface area contributed by atoms with Gasteiger partial charge in [-0.15, -0.1) is 35.0 Å². The summed E-state index contributed by atoms with van der Waals surface area (Å²) in [5.41, 5.74) is -0.350. The molecule has 1 aliphatic heterocycles. The Kier molecular flexibility index (Phi) is 6.78. The number of hydrogen-bond acceptors (Lipinski definition) is 5. The molecule has 2 fully saturated rings. The van der Waals surface area contributed by atoms with E-state index in [4.69, 9.17) is 0 Å². The molecule has 3 heterocycles. The minimum absolute atomic E-state index is 0. The molecule has 5 nitrogen and oxygen atoms in total. The lowest BCUT2D eigenvalue weighted by Gasteiger charge is -2.22. The van der Waals surface area contributed by atoms with E-state index in [1.807, 2.05) is 0 Å². The first kappa shape index (κ1) is 22.6. The molecule has 0 aromatic carbocycles. The van der Waals surface area contributed by atoms with Crippen molar-refractivity contribution in [3.05, 3.63) is 36.2 Å². The zero-order valence-corrected chi connectivity index (χ0v) is 16.8. The Morgan fingerprint density at radius 2 is 1.96 bits per heavy atom. The molecule has 0 unspecified atom stereocenters. The van der Waals surface area contributed by atoms with E-state index in [1.165, 1.54) is 6.20 Å². The Balaban J connectivity index is 0.00000140. The normalized spacial score (nSPS) is 26.1. The lowest BCUT2D eigenvalue weighted by molar-refractivity contribution is -0.137. The molecule has 154 valence electrons. The number of nitrogens with one attached hydrogen (secondary N) is 2. The second-order valence-corrected chi connectivity index (χ2v) is 7.49. The molecular formula is C18H22Cl2F3N5. The van der Waals surface area contributed by atoms with Gasteiger partial charge in [-0.3, -0.25) is 4.98 Å². The topological polar surface area (TPSA) is 62.7 Å². The van der Waals surface area contributed by atoms with Gasteiger partial charge in [-0.2, -0.15) is 13.2 Å². The molecule has 0 spiro atoms. The summed E-state index contributed by atoms with van der Waals surface area (Å²) in [7, 11) is 0. The fourth-order valence-corrected chi connectivity index (χ4v) is 4.24. The number of aromatic nitrogens is 3. The van der Waals surface area contributed by atoms with Crippen LogP contribution in [0.2, 0.25) is 0 Å². The highest BCUT2D eigenvalue weighted by molar-refractivity contribution is 5.85. The summed E-state index contributed by atoms with van der Waals surface area (Å²) in [6.45, 7) is 4.37. The van der Waals surface area contributed by atoms with Crippen molar-refractivity contribution in [1.82, 2.24) is 20.5 Å². The van der Waals surface area contributed by atoms with Gasteiger partial charge in [-0.1, -0.05) is 6.92 Å². The van der Waals surface area contributed by atoms with Crippen LogP contribution >= 0.6 is 24.8 Å². The van der Waals surface area contributed by atoms with E-state index in [9.17, 15) is 13.2 Å². The van der Waals surface area contributed by atoms with Crippen LogP contribution in [0.4, 0.5) is 19.0 Å². The minimum atomic E-state index is -4.46. The third-order valence-electron chi connectivity index (χ3n) is 5.61. The summed E-state index contributed by atoms with van der Waals surface area (Å²) in [6, 6.07) is 4.51. The van der Waals surface area contributed by atoms with Gasteiger partial charge in [0.2, 0.25) is 0 Å². The van der Waals surface area contributed by atoms with Crippen molar-refractivity contribution in [2.24, 2.45) is 11.3 Å². The molecule has 0 amide bonds. The van der Waals surface area contributed by atoms with Crippen LogP contribution in [-0.4, -0.2) is 34.3 Å². The van der Waals surface area contributed by atoms with E-state index in [2.05, 4.69) is 32.7 Å². The number of rotatable bonds is 3. The average molecular weight is 436 g/mol. The van der Waals surface area contributed by atoms with Crippen LogP contribution in [0.25, 0.3) is 11.3 Å². The van der Waals surface area contributed by atoms with Crippen LogP contribution < -0.4 is 10.6 Å². The second-order valence-electron chi connectivity index (χ2n) is 7.49. The molecule has 2 aromatic rings. The highest BCUT2D eigenvalue weighted by Crippen LogP contribution is 2.46.